The quantitative estimate of drug-likeness (QED) is 0.737. The molecule has 0 unspecified atom stereocenters. The second kappa shape index (κ2) is 7.36. The van der Waals surface area contributed by atoms with Crippen LogP contribution in [0, 0.1) is 0 Å². The van der Waals surface area contributed by atoms with Gasteiger partial charge in [-0.25, -0.2) is 0 Å². The number of anilines is 2. The zero-order valence-electron chi connectivity index (χ0n) is 14.2. The van der Waals surface area contributed by atoms with E-state index in [0.29, 0.717) is 23.8 Å². The minimum atomic E-state index is -0.140. The van der Waals surface area contributed by atoms with Gasteiger partial charge in [-0.1, -0.05) is 54.1 Å². The van der Waals surface area contributed by atoms with Crippen molar-refractivity contribution in [1.29, 1.82) is 0 Å². The lowest BCUT2D eigenvalue weighted by Crippen LogP contribution is -2.37. The maximum absolute atomic E-state index is 13.0. The minimum Gasteiger partial charge on any atom is -0.378 e. The molecule has 132 valence electrons. The largest absolute Gasteiger partial charge is 0.378 e. The van der Waals surface area contributed by atoms with Gasteiger partial charge < -0.3 is 15.0 Å². The molecule has 4 nitrogen and oxygen atoms in total. The minimum absolute atomic E-state index is 0.140. The Morgan fingerprint density at radius 3 is 2.54 bits per heavy atom. The second-order valence-corrected chi connectivity index (χ2v) is 6.62. The van der Waals surface area contributed by atoms with Crippen LogP contribution in [0.2, 0.25) is 5.02 Å². The summed E-state index contributed by atoms with van der Waals surface area (Å²) in [6.07, 6.45) is 0. The third-order valence-electron chi connectivity index (χ3n) is 4.60. The molecule has 0 radical (unpaired) electrons. The number of carbonyl (C=O) groups is 1. The summed E-state index contributed by atoms with van der Waals surface area (Å²) in [4.78, 5) is 15.1. The zero-order chi connectivity index (χ0) is 17.9. The van der Waals surface area contributed by atoms with Crippen LogP contribution in [0.3, 0.4) is 0 Å². The fourth-order valence-corrected chi connectivity index (χ4v) is 3.63. The van der Waals surface area contributed by atoms with Gasteiger partial charge in [0, 0.05) is 18.7 Å². The van der Waals surface area contributed by atoms with E-state index in [-0.39, 0.29) is 5.91 Å². The molecule has 1 amide bonds. The lowest BCUT2D eigenvalue weighted by Gasteiger charge is -2.31. The van der Waals surface area contributed by atoms with Crippen LogP contribution in [0.4, 0.5) is 11.4 Å². The van der Waals surface area contributed by atoms with Gasteiger partial charge in [0.2, 0.25) is 0 Å². The van der Waals surface area contributed by atoms with Crippen molar-refractivity contribution in [2.45, 2.75) is 0 Å². The first-order chi connectivity index (χ1) is 12.7. The number of hydrogen-bond acceptors (Lipinski definition) is 3. The molecule has 1 fully saturated rings. The number of para-hydroxylation sites is 1. The number of halogens is 1. The highest BCUT2D eigenvalue weighted by Gasteiger charge is 2.20. The van der Waals surface area contributed by atoms with Gasteiger partial charge in [0.1, 0.15) is 0 Å². The number of fused-ring (bicyclic) bond motifs is 1. The van der Waals surface area contributed by atoms with Crippen molar-refractivity contribution in [3.05, 3.63) is 71.2 Å². The van der Waals surface area contributed by atoms with Crippen molar-refractivity contribution in [3.8, 4) is 0 Å². The maximum atomic E-state index is 13.0. The van der Waals surface area contributed by atoms with E-state index in [1.807, 2.05) is 60.7 Å². The van der Waals surface area contributed by atoms with Crippen LogP contribution >= 0.6 is 11.6 Å². The number of hydrogen-bond donors (Lipinski definition) is 1. The third kappa shape index (κ3) is 3.26. The first-order valence-electron chi connectivity index (χ1n) is 8.64. The Labute approximate surface area is 157 Å². The van der Waals surface area contributed by atoms with Gasteiger partial charge in [-0.3, -0.25) is 4.79 Å². The molecule has 0 atom stereocenters. The van der Waals surface area contributed by atoms with Crippen LogP contribution in [0.5, 0.6) is 0 Å². The normalized spacial score (nSPS) is 14.4. The number of benzene rings is 3. The van der Waals surface area contributed by atoms with Gasteiger partial charge in [0.15, 0.2) is 0 Å². The summed E-state index contributed by atoms with van der Waals surface area (Å²) in [7, 11) is 0. The van der Waals surface area contributed by atoms with Crippen molar-refractivity contribution in [2.75, 3.05) is 36.5 Å². The Morgan fingerprint density at radius 2 is 1.69 bits per heavy atom. The molecule has 0 aromatic heterocycles. The molecule has 1 aliphatic rings. The summed E-state index contributed by atoms with van der Waals surface area (Å²) >= 11 is 6.45. The summed E-state index contributed by atoms with van der Waals surface area (Å²) in [5.74, 6) is -0.140. The standard InChI is InChI=1S/C21H19ClN2O2/c22-18-9-4-10-19(20(18)24-11-13-26-14-12-24)23-21(25)17-8-3-6-15-5-1-2-7-16(15)17/h1-10H,11-14H2,(H,23,25). The highest BCUT2D eigenvalue weighted by molar-refractivity contribution is 6.34. The highest BCUT2D eigenvalue weighted by atomic mass is 35.5. The van der Waals surface area contributed by atoms with Gasteiger partial charge in [-0.15, -0.1) is 0 Å². The fourth-order valence-electron chi connectivity index (χ4n) is 3.34. The molecule has 1 heterocycles. The lowest BCUT2D eigenvalue weighted by molar-refractivity contribution is 0.102. The van der Waals surface area contributed by atoms with Crippen LogP contribution in [0.25, 0.3) is 10.8 Å². The molecular formula is C21H19ClN2O2. The Kier molecular flexibility index (Phi) is 4.78. The fraction of sp³-hybridized carbons (Fsp3) is 0.190. The van der Waals surface area contributed by atoms with E-state index in [1.54, 1.807) is 0 Å². The number of amides is 1. The summed E-state index contributed by atoms with van der Waals surface area (Å²) < 4.78 is 5.43. The molecule has 0 spiro atoms. The average molecular weight is 367 g/mol. The van der Waals surface area contributed by atoms with E-state index in [4.69, 9.17) is 16.3 Å². The summed E-state index contributed by atoms with van der Waals surface area (Å²) in [6.45, 7) is 2.81. The molecule has 1 aliphatic heterocycles. The smallest absolute Gasteiger partial charge is 0.256 e. The molecule has 0 bridgehead atoms. The van der Waals surface area contributed by atoms with Crippen LogP contribution in [-0.4, -0.2) is 32.2 Å². The van der Waals surface area contributed by atoms with Crippen molar-refractivity contribution >= 4 is 39.7 Å². The van der Waals surface area contributed by atoms with Crippen molar-refractivity contribution in [3.63, 3.8) is 0 Å². The van der Waals surface area contributed by atoms with E-state index in [0.717, 1.165) is 35.2 Å². The van der Waals surface area contributed by atoms with Crippen molar-refractivity contribution < 1.29 is 9.53 Å². The topological polar surface area (TPSA) is 41.6 Å². The van der Waals surface area contributed by atoms with Crippen LogP contribution < -0.4 is 10.2 Å². The first-order valence-corrected chi connectivity index (χ1v) is 9.02. The van der Waals surface area contributed by atoms with E-state index < -0.39 is 0 Å². The number of nitrogens with zero attached hydrogens (tertiary/aromatic N) is 1. The molecule has 1 saturated heterocycles. The Balaban J connectivity index is 1.69. The molecule has 3 aromatic rings. The first kappa shape index (κ1) is 16.9. The number of rotatable bonds is 3. The van der Waals surface area contributed by atoms with E-state index in [2.05, 4.69) is 10.2 Å². The maximum Gasteiger partial charge on any atom is 0.256 e. The van der Waals surface area contributed by atoms with Gasteiger partial charge >= 0.3 is 0 Å². The Bertz CT molecular complexity index is 946. The average Bonchev–Trinajstić information content (AvgIpc) is 2.68. The highest BCUT2D eigenvalue weighted by Crippen LogP contribution is 2.35. The van der Waals surface area contributed by atoms with Crippen molar-refractivity contribution in [1.82, 2.24) is 0 Å². The zero-order valence-corrected chi connectivity index (χ0v) is 15.0. The number of ether oxygens (including phenoxy) is 1. The summed E-state index contributed by atoms with van der Waals surface area (Å²) in [5.41, 5.74) is 2.22. The predicted molar refractivity (Wildman–Crippen MR) is 106 cm³/mol. The van der Waals surface area contributed by atoms with Gasteiger partial charge in [0.25, 0.3) is 5.91 Å². The molecule has 26 heavy (non-hydrogen) atoms. The third-order valence-corrected chi connectivity index (χ3v) is 4.90. The Morgan fingerprint density at radius 1 is 0.962 bits per heavy atom. The van der Waals surface area contributed by atoms with Crippen LogP contribution in [0.15, 0.2) is 60.7 Å². The molecular weight excluding hydrogens is 348 g/mol. The van der Waals surface area contributed by atoms with E-state index in [9.17, 15) is 4.79 Å². The van der Waals surface area contributed by atoms with E-state index >= 15 is 0 Å². The Hall–Kier alpha value is -2.56. The van der Waals surface area contributed by atoms with Crippen LogP contribution in [0.1, 0.15) is 10.4 Å². The lowest BCUT2D eigenvalue weighted by atomic mass is 10.0. The number of morpholine rings is 1. The number of carbonyl (C=O) groups excluding carboxylic acids is 1. The predicted octanol–water partition coefficient (Wildman–Crippen LogP) is 4.58. The summed E-state index contributed by atoms with van der Waals surface area (Å²) in [6, 6.07) is 19.2. The SMILES string of the molecule is O=C(Nc1cccc(Cl)c1N1CCOCC1)c1cccc2ccccc12. The summed E-state index contributed by atoms with van der Waals surface area (Å²) in [5, 5.41) is 5.65. The molecule has 0 aliphatic carbocycles. The van der Waals surface area contributed by atoms with Gasteiger partial charge in [0.05, 0.1) is 29.6 Å². The van der Waals surface area contributed by atoms with Gasteiger partial charge in [-0.2, -0.15) is 0 Å². The van der Waals surface area contributed by atoms with Crippen molar-refractivity contribution in [2.24, 2.45) is 0 Å². The van der Waals surface area contributed by atoms with Gasteiger partial charge in [-0.05, 0) is 29.0 Å². The molecule has 5 heteroatoms. The van der Waals surface area contributed by atoms with E-state index in [1.165, 1.54) is 0 Å². The monoisotopic (exact) mass is 366 g/mol. The molecule has 4 rings (SSSR count). The number of nitrogens with one attached hydrogen (secondary N) is 1. The second-order valence-electron chi connectivity index (χ2n) is 6.22. The molecule has 0 saturated carbocycles. The molecule has 3 aromatic carbocycles. The molecule has 1 N–H and O–H groups in total. The van der Waals surface area contributed by atoms with Crippen LogP contribution in [-0.2, 0) is 4.74 Å².